The maximum atomic E-state index is 13.1. The fourth-order valence-corrected chi connectivity index (χ4v) is 5.92. The third-order valence-electron chi connectivity index (χ3n) is 8.02. The lowest BCUT2D eigenvalue weighted by Gasteiger charge is -2.31. The Morgan fingerprint density at radius 1 is 1.07 bits per heavy atom. The third-order valence-corrected chi connectivity index (χ3v) is 8.96. The number of nitrogens with zero attached hydrogens (tertiary/aromatic N) is 4. The second-order valence-electron chi connectivity index (χ2n) is 11.3. The molecule has 0 spiro atoms. The molecule has 3 aromatic rings. The molecule has 2 unspecified atom stereocenters. The number of pyridine rings is 1. The fourth-order valence-electron chi connectivity index (χ4n) is 5.40. The van der Waals surface area contributed by atoms with Crippen LogP contribution in [0.4, 0.5) is 0 Å². The summed E-state index contributed by atoms with van der Waals surface area (Å²) >= 11 is -1.10. The summed E-state index contributed by atoms with van der Waals surface area (Å²) in [5, 5.41) is 23.5. The number of ketones is 1. The molecule has 0 saturated carbocycles. The first-order chi connectivity index (χ1) is 21.7. The Morgan fingerprint density at radius 3 is 2.31 bits per heavy atom. The molecule has 1 aliphatic rings. The Balaban J connectivity index is 1.25. The summed E-state index contributed by atoms with van der Waals surface area (Å²) in [5.41, 5.74) is 2.61. The van der Waals surface area contributed by atoms with Crippen molar-refractivity contribution < 1.29 is 24.1 Å². The molecular weight excluding hydrogens is 590 g/mol. The number of piperidine rings is 1. The maximum Gasteiger partial charge on any atom is 0.270 e. The van der Waals surface area contributed by atoms with Gasteiger partial charge in [0.05, 0.1) is 17.2 Å². The second kappa shape index (κ2) is 16.3. The Labute approximate surface area is 267 Å². The number of rotatable bonds is 13. The number of hydroxylamine groups is 2. The lowest BCUT2D eigenvalue weighted by atomic mass is 9.88. The van der Waals surface area contributed by atoms with Gasteiger partial charge in [-0.05, 0) is 91.0 Å². The van der Waals surface area contributed by atoms with Gasteiger partial charge < -0.3 is 20.0 Å². The number of carbonyl (C=O) groups is 3. The van der Waals surface area contributed by atoms with Gasteiger partial charge in [-0.3, -0.25) is 19.4 Å². The van der Waals surface area contributed by atoms with E-state index in [0.717, 1.165) is 18.4 Å². The molecule has 1 saturated heterocycles. The minimum atomic E-state index is -1.10. The van der Waals surface area contributed by atoms with E-state index in [2.05, 4.69) is 16.4 Å². The first-order valence-corrected chi connectivity index (χ1v) is 16.7. The zero-order chi connectivity index (χ0) is 32.3. The number of amides is 2. The fraction of sp³-hybridized carbons (Fsp3) is 0.382. The normalized spacial score (nSPS) is 14.9. The van der Waals surface area contributed by atoms with Crippen molar-refractivity contribution in [2.75, 3.05) is 25.9 Å². The van der Waals surface area contributed by atoms with E-state index < -0.39 is 11.2 Å². The van der Waals surface area contributed by atoms with Crippen LogP contribution in [0, 0.1) is 17.2 Å². The Hall–Kier alpha value is -4.08. The largest absolute Gasteiger partial charge is 0.612 e. The van der Waals surface area contributed by atoms with E-state index in [-0.39, 0.29) is 35.3 Å². The second-order valence-corrected chi connectivity index (χ2v) is 12.7. The van der Waals surface area contributed by atoms with Crippen LogP contribution in [0.5, 0.6) is 0 Å². The molecule has 0 bridgehead atoms. The number of Topliss-reactive ketones (excluding diaryl/α,β-unsaturated/α-hetero) is 1. The van der Waals surface area contributed by atoms with E-state index >= 15 is 0 Å². The van der Waals surface area contributed by atoms with Crippen LogP contribution < -0.4 is 5.32 Å². The third kappa shape index (κ3) is 9.45. The van der Waals surface area contributed by atoms with E-state index in [0.29, 0.717) is 67.0 Å². The van der Waals surface area contributed by atoms with Gasteiger partial charge >= 0.3 is 0 Å². The highest BCUT2D eigenvalue weighted by atomic mass is 32.2. The highest BCUT2D eigenvalue weighted by Gasteiger charge is 2.29. The van der Waals surface area contributed by atoms with Crippen LogP contribution in [0.15, 0.2) is 71.8 Å². The summed E-state index contributed by atoms with van der Waals surface area (Å²) in [5.74, 6) is -0.682. The van der Waals surface area contributed by atoms with Gasteiger partial charge in [0.2, 0.25) is 0 Å². The van der Waals surface area contributed by atoms with Crippen molar-refractivity contribution in [2.24, 2.45) is 5.92 Å². The number of carbonyl (C=O) groups excluding carboxylic acids is 3. The molecule has 236 valence electrons. The van der Waals surface area contributed by atoms with Gasteiger partial charge in [0.1, 0.15) is 11.9 Å². The summed E-state index contributed by atoms with van der Waals surface area (Å²) in [7, 11) is 0. The molecule has 2 atom stereocenters. The zero-order valence-corrected chi connectivity index (χ0v) is 26.5. The average Bonchev–Trinajstić information content (AvgIpc) is 3.07. The van der Waals surface area contributed by atoms with E-state index in [1.54, 1.807) is 65.8 Å². The van der Waals surface area contributed by atoms with Gasteiger partial charge in [-0.2, -0.15) is 10.3 Å². The molecule has 45 heavy (non-hydrogen) atoms. The van der Waals surface area contributed by atoms with E-state index in [1.807, 2.05) is 6.92 Å². The topological polar surface area (TPSA) is 150 Å². The standard InChI is InChI=1S/C34H39N5O5S/c1-3-4-29(17-20-39(43)23-25-7-5-24(21-35)6-8-25)37-33(41)31-14-11-28(22-36-31)34(42)38-18-15-27(16-19-38)32(40)26-9-12-30(13-10-26)45(2)44/h5-14,22,27,29,43H,3-4,15-20,23H2,1-2H3,(H,37,41). The highest BCUT2D eigenvalue weighted by molar-refractivity contribution is 7.90. The number of benzene rings is 2. The van der Waals surface area contributed by atoms with Crippen molar-refractivity contribution in [1.82, 2.24) is 20.3 Å². The van der Waals surface area contributed by atoms with Crippen LogP contribution in [0.25, 0.3) is 0 Å². The molecule has 2 heterocycles. The minimum Gasteiger partial charge on any atom is -0.612 e. The van der Waals surface area contributed by atoms with Gasteiger partial charge in [0.25, 0.3) is 11.8 Å². The number of aromatic nitrogens is 1. The molecule has 0 radical (unpaired) electrons. The molecule has 2 N–H and O–H groups in total. The summed E-state index contributed by atoms with van der Waals surface area (Å²) in [6, 6.07) is 18.9. The lowest BCUT2D eigenvalue weighted by Crippen LogP contribution is -2.40. The number of nitriles is 1. The first-order valence-electron chi connectivity index (χ1n) is 15.1. The molecular formula is C34H39N5O5S. The predicted molar refractivity (Wildman–Crippen MR) is 170 cm³/mol. The highest BCUT2D eigenvalue weighted by Crippen LogP contribution is 2.24. The molecule has 0 aliphatic carbocycles. The average molecular weight is 630 g/mol. The Morgan fingerprint density at radius 2 is 1.73 bits per heavy atom. The molecule has 2 amide bonds. The summed E-state index contributed by atoms with van der Waals surface area (Å²) < 4.78 is 11.6. The van der Waals surface area contributed by atoms with Gasteiger partial charge in [0, 0.05) is 49.9 Å². The Kier molecular flexibility index (Phi) is 12.2. The van der Waals surface area contributed by atoms with Crippen molar-refractivity contribution in [3.63, 3.8) is 0 Å². The zero-order valence-electron chi connectivity index (χ0n) is 25.6. The molecule has 1 aromatic heterocycles. The number of likely N-dealkylation sites (tertiary alicyclic amines) is 1. The molecule has 1 aliphatic heterocycles. The summed E-state index contributed by atoms with van der Waals surface area (Å²) in [4.78, 5) is 45.7. The van der Waals surface area contributed by atoms with Crippen LogP contribution >= 0.6 is 0 Å². The van der Waals surface area contributed by atoms with Crippen molar-refractivity contribution >= 4 is 28.8 Å². The predicted octanol–water partition coefficient (Wildman–Crippen LogP) is 4.61. The van der Waals surface area contributed by atoms with Gasteiger partial charge in [-0.25, -0.2) is 0 Å². The molecule has 10 nitrogen and oxygen atoms in total. The summed E-state index contributed by atoms with van der Waals surface area (Å²) in [6.45, 7) is 3.57. The van der Waals surface area contributed by atoms with Crippen molar-refractivity contribution in [3.05, 3.63) is 94.8 Å². The maximum absolute atomic E-state index is 13.1. The lowest BCUT2D eigenvalue weighted by molar-refractivity contribution is -0.101. The van der Waals surface area contributed by atoms with Crippen LogP contribution in [0.3, 0.4) is 0 Å². The van der Waals surface area contributed by atoms with E-state index in [9.17, 15) is 24.1 Å². The first kappa shape index (κ1) is 33.8. The van der Waals surface area contributed by atoms with Crippen LogP contribution in [-0.4, -0.2) is 74.2 Å². The van der Waals surface area contributed by atoms with E-state index in [1.165, 1.54) is 17.3 Å². The van der Waals surface area contributed by atoms with Gasteiger partial charge in [-0.1, -0.05) is 25.5 Å². The Bertz CT molecular complexity index is 1480. The monoisotopic (exact) mass is 629 g/mol. The molecule has 4 rings (SSSR count). The van der Waals surface area contributed by atoms with Crippen LogP contribution in [0.2, 0.25) is 0 Å². The molecule has 2 aromatic carbocycles. The van der Waals surface area contributed by atoms with Crippen LogP contribution in [0.1, 0.15) is 81.4 Å². The minimum absolute atomic E-state index is 0.0342. The number of nitrogens with one attached hydrogen (secondary N) is 1. The van der Waals surface area contributed by atoms with Gasteiger partial charge in [0.15, 0.2) is 10.7 Å². The number of hydrogen-bond acceptors (Lipinski definition) is 8. The van der Waals surface area contributed by atoms with Crippen molar-refractivity contribution in [1.29, 1.82) is 5.26 Å². The molecule has 1 fully saturated rings. The SMILES string of the molecule is CCCC(CCN(O)Cc1ccc(C#N)cc1)NC(=O)c1ccc(C(=O)N2CCC(C(=O)c3ccc([S+](C)[O-])cc3)CC2)cn1. The smallest absolute Gasteiger partial charge is 0.270 e. The number of hydrogen-bond donors (Lipinski definition) is 2. The van der Waals surface area contributed by atoms with Gasteiger partial charge in [-0.15, -0.1) is 0 Å². The van der Waals surface area contributed by atoms with Crippen molar-refractivity contribution in [3.8, 4) is 6.07 Å². The van der Waals surface area contributed by atoms with E-state index in [4.69, 9.17) is 5.26 Å². The summed E-state index contributed by atoms with van der Waals surface area (Å²) in [6.07, 6.45) is 6.23. The quantitative estimate of drug-likeness (QED) is 0.158. The van der Waals surface area contributed by atoms with Crippen LogP contribution in [-0.2, 0) is 17.7 Å². The molecule has 11 heteroatoms. The van der Waals surface area contributed by atoms with Crippen molar-refractivity contribution in [2.45, 2.75) is 56.5 Å².